The Morgan fingerprint density at radius 3 is 2.39 bits per heavy atom. The van der Waals surface area contributed by atoms with Crippen molar-refractivity contribution in [1.82, 2.24) is 15.5 Å². The fraction of sp³-hybridized carbons (Fsp3) is 0.650. The number of nitrogens with zero attached hydrogens (tertiary/aromatic N) is 1. The van der Waals surface area contributed by atoms with Crippen LogP contribution in [0.4, 0.5) is 0 Å². The molecule has 2 fully saturated rings. The lowest BCUT2D eigenvalue weighted by atomic mass is 10.1. The second-order valence-electron chi connectivity index (χ2n) is 7.47. The van der Waals surface area contributed by atoms with E-state index in [1.807, 2.05) is 0 Å². The van der Waals surface area contributed by atoms with Gasteiger partial charge in [0.2, 0.25) is 5.91 Å². The maximum Gasteiger partial charge on any atom is 0.221 e. The summed E-state index contributed by atoms with van der Waals surface area (Å²) in [6.07, 6.45) is 1.04. The molecule has 160 valence electrons. The number of benzene rings is 1. The van der Waals surface area contributed by atoms with Crippen molar-refractivity contribution < 1.29 is 14.3 Å². The Kier molecular flexibility index (Phi) is 11.3. The lowest BCUT2D eigenvalue weighted by molar-refractivity contribution is -0.122. The quantitative estimate of drug-likeness (QED) is 0.719. The number of hydrogen-bond donors (Lipinski definition) is 2. The van der Waals surface area contributed by atoms with E-state index in [0.29, 0.717) is 19.6 Å². The molecule has 1 aromatic rings. The Balaban J connectivity index is 0.00000196. The molecule has 0 radical (unpaired) electrons. The number of amides is 1. The number of morpholine rings is 2. The molecule has 28 heavy (non-hydrogen) atoms. The largest absolute Gasteiger partial charge is 0.378 e. The topological polar surface area (TPSA) is 62.8 Å². The molecule has 3 rings (SSSR count). The van der Waals surface area contributed by atoms with Gasteiger partial charge in [-0.15, -0.1) is 24.8 Å². The second-order valence-corrected chi connectivity index (χ2v) is 7.47. The zero-order chi connectivity index (χ0) is 18.4. The summed E-state index contributed by atoms with van der Waals surface area (Å²) in [5.41, 5.74) is 2.42. The van der Waals surface area contributed by atoms with Gasteiger partial charge < -0.3 is 20.1 Å². The molecule has 2 aliphatic rings. The first kappa shape index (κ1) is 25.1. The van der Waals surface area contributed by atoms with Gasteiger partial charge in [-0.1, -0.05) is 24.3 Å². The van der Waals surface area contributed by atoms with Gasteiger partial charge in [0.15, 0.2) is 0 Å². The molecule has 1 amide bonds. The summed E-state index contributed by atoms with van der Waals surface area (Å²) >= 11 is 0. The first-order chi connectivity index (χ1) is 12.6. The van der Waals surface area contributed by atoms with E-state index in [4.69, 9.17) is 9.47 Å². The van der Waals surface area contributed by atoms with E-state index in [-0.39, 0.29) is 49.0 Å². The van der Waals surface area contributed by atoms with Gasteiger partial charge in [-0.25, -0.2) is 0 Å². The molecule has 3 unspecified atom stereocenters. The predicted molar refractivity (Wildman–Crippen MR) is 115 cm³/mol. The molecule has 1 aromatic carbocycles. The number of carbonyl (C=O) groups is 1. The fourth-order valence-corrected chi connectivity index (χ4v) is 3.68. The zero-order valence-electron chi connectivity index (χ0n) is 16.7. The Morgan fingerprint density at radius 2 is 1.79 bits per heavy atom. The van der Waals surface area contributed by atoms with Gasteiger partial charge in [0, 0.05) is 45.2 Å². The van der Waals surface area contributed by atoms with E-state index < -0.39 is 0 Å². The molecule has 8 heteroatoms. The van der Waals surface area contributed by atoms with Crippen LogP contribution in [0.3, 0.4) is 0 Å². The third-order valence-electron chi connectivity index (χ3n) is 4.84. The highest BCUT2D eigenvalue weighted by atomic mass is 35.5. The van der Waals surface area contributed by atoms with Crippen molar-refractivity contribution in [3.63, 3.8) is 0 Å². The third kappa shape index (κ3) is 8.23. The van der Waals surface area contributed by atoms with Gasteiger partial charge >= 0.3 is 0 Å². The lowest BCUT2D eigenvalue weighted by Gasteiger charge is -2.35. The number of carbonyl (C=O) groups excluding carboxylic acids is 1. The Labute approximate surface area is 180 Å². The Bertz CT molecular complexity index is 573. The first-order valence-electron chi connectivity index (χ1n) is 9.62. The van der Waals surface area contributed by atoms with Gasteiger partial charge in [0.05, 0.1) is 25.4 Å². The maximum atomic E-state index is 12.1. The number of ether oxygens (including phenoxy) is 2. The van der Waals surface area contributed by atoms with Crippen molar-refractivity contribution >= 4 is 30.7 Å². The van der Waals surface area contributed by atoms with Gasteiger partial charge in [0.1, 0.15) is 0 Å². The van der Waals surface area contributed by atoms with E-state index in [0.717, 1.165) is 38.3 Å². The van der Waals surface area contributed by atoms with Crippen LogP contribution in [0, 0.1) is 0 Å². The molecule has 2 saturated heterocycles. The van der Waals surface area contributed by atoms with E-state index in [9.17, 15) is 4.79 Å². The zero-order valence-corrected chi connectivity index (χ0v) is 18.3. The smallest absolute Gasteiger partial charge is 0.221 e. The molecule has 0 aromatic heterocycles. The average Bonchev–Trinajstić information content (AvgIpc) is 2.61. The molecule has 0 aliphatic carbocycles. The molecule has 2 N–H and O–H groups in total. The fourth-order valence-electron chi connectivity index (χ4n) is 3.68. The summed E-state index contributed by atoms with van der Waals surface area (Å²) in [4.78, 5) is 14.5. The first-order valence-corrected chi connectivity index (χ1v) is 9.62. The summed E-state index contributed by atoms with van der Waals surface area (Å²) < 4.78 is 11.2. The van der Waals surface area contributed by atoms with Crippen LogP contribution in [0.5, 0.6) is 0 Å². The number of halogens is 2. The summed E-state index contributed by atoms with van der Waals surface area (Å²) in [6, 6.07) is 8.64. The minimum absolute atomic E-state index is 0. The van der Waals surface area contributed by atoms with Gasteiger partial charge in [-0.2, -0.15) is 0 Å². The van der Waals surface area contributed by atoms with Crippen molar-refractivity contribution in [3.05, 3.63) is 35.4 Å². The van der Waals surface area contributed by atoms with Gasteiger partial charge in [-0.05, 0) is 25.0 Å². The van der Waals surface area contributed by atoms with Crippen LogP contribution in [-0.2, 0) is 27.4 Å². The molecule has 0 saturated carbocycles. The molecule has 2 heterocycles. The third-order valence-corrected chi connectivity index (χ3v) is 4.84. The Morgan fingerprint density at radius 1 is 1.14 bits per heavy atom. The average molecular weight is 434 g/mol. The van der Waals surface area contributed by atoms with Crippen LogP contribution in [0.2, 0.25) is 0 Å². The molecule has 0 spiro atoms. The minimum atomic E-state index is 0. The van der Waals surface area contributed by atoms with Gasteiger partial charge in [-0.3, -0.25) is 9.69 Å². The molecule has 0 bridgehead atoms. The molecular formula is C20H33Cl2N3O3. The van der Waals surface area contributed by atoms with Crippen LogP contribution in [0.1, 0.15) is 31.4 Å². The highest BCUT2D eigenvalue weighted by molar-refractivity contribution is 5.85. The SMILES string of the molecule is CC1CN(Cc2ccc(CNC(=O)CC3COCCN3)cc2)CC(C)O1.Cl.Cl. The van der Waals surface area contributed by atoms with Crippen LogP contribution in [0.25, 0.3) is 0 Å². The van der Waals surface area contributed by atoms with Crippen molar-refractivity contribution in [2.24, 2.45) is 0 Å². The summed E-state index contributed by atoms with van der Waals surface area (Å²) in [6.45, 7) is 9.87. The van der Waals surface area contributed by atoms with Crippen molar-refractivity contribution in [1.29, 1.82) is 0 Å². The van der Waals surface area contributed by atoms with Crippen molar-refractivity contribution in [2.75, 3.05) is 32.8 Å². The van der Waals surface area contributed by atoms with E-state index in [1.165, 1.54) is 5.56 Å². The summed E-state index contributed by atoms with van der Waals surface area (Å²) in [7, 11) is 0. The van der Waals surface area contributed by atoms with E-state index >= 15 is 0 Å². The predicted octanol–water partition coefficient (Wildman–Crippen LogP) is 2.13. The van der Waals surface area contributed by atoms with E-state index in [1.54, 1.807) is 0 Å². The van der Waals surface area contributed by atoms with Crippen molar-refractivity contribution in [2.45, 2.75) is 51.6 Å². The Hall–Kier alpha value is -0.890. The molecule has 3 atom stereocenters. The van der Waals surface area contributed by atoms with E-state index in [2.05, 4.69) is 53.6 Å². The normalized spacial score (nSPS) is 25.3. The highest BCUT2D eigenvalue weighted by Gasteiger charge is 2.22. The molecular weight excluding hydrogens is 401 g/mol. The molecule has 6 nitrogen and oxygen atoms in total. The number of hydrogen-bond acceptors (Lipinski definition) is 5. The number of rotatable bonds is 6. The highest BCUT2D eigenvalue weighted by Crippen LogP contribution is 2.14. The van der Waals surface area contributed by atoms with Crippen LogP contribution < -0.4 is 10.6 Å². The maximum absolute atomic E-state index is 12.1. The number of nitrogens with one attached hydrogen (secondary N) is 2. The van der Waals surface area contributed by atoms with Crippen LogP contribution in [0.15, 0.2) is 24.3 Å². The molecule has 2 aliphatic heterocycles. The summed E-state index contributed by atoms with van der Waals surface area (Å²) in [5, 5.41) is 6.30. The summed E-state index contributed by atoms with van der Waals surface area (Å²) in [5.74, 6) is 0.0633. The monoisotopic (exact) mass is 433 g/mol. The minimum Gasteiger partial charge on any atom is -0.378 e. The van der Waals surface area contributed by atoms with Gasteiger partial charge in [0.25, 0.3) is 0 Å². The second kappa shape index (κ2) is 12.6. The van der Waals surface area contributed by atoms with Crippen LogP contribution in [-0.4, -0.2) is 61.9 Å². The standard InChI is InChI=1S/C20H31N3O3.2ClH/c1-15-11-23(12-16(2)26-15)13-18-5-3-17(4-6-18)10-22-20(24)9-19-14-25-8-7-21-19;;/h3-6,15-16,19,21H,7-14H2,1-2H3,(H,22,24);2*1H. The van der Waals surface area contributed by atoms with Crippen LogP contribution >= 0.6 is 24.8 Å². The lowest BCUT2D eigenvalue weighted by Crippen LogP contribution is -2.44. The van der Waals surface area contributed by atoms with Crippen molar-refractivity contribution in [3.8, 4) is 0 Å².